The van der Waals surface area contributed by atoms with Gasteiger partial charge in [0.15, 0.2) is 0 Å². The highest BCUT2D eigenvalue weighted by Gasteiger charge is 2.30. The quantitative estimate of drug-likeness (QED) is 0.691. The van der Waals surface area contributed by atoms with E-state index in [1.807, 2.05) is 61.2 Å². The average Bonchev–Trinajstić information content (AvgIpc) is 3.25. The predicted molar refractivity (Wildman–Crippen MR) is 119 cm³/mol. The second kappa shape index (κ2) is 9.12. The normalized spacial score (nSPS) is 14.6. The topological polar surface area (TPSA) is 80.1 Å². The first-order chi connectivity index (χ1) is 15.0. The van der Waals surface area contributed by atoms with Crippen molar-refractivity contribution >= 4 is 11.8 Å². The third kappa shape index (κ3) is 4.66. The van der Waals surface area contributed by atoms with Gasteiger partial charge in [-0.25, -0.2) is 4.68 Å². The van der Waals surface area contributed by atoms with Crippen molar-refractivity contribution in [2.45, 2.75) is 32.7 Å². The number of para-hydroxylation sites is 1. The summed E-state index contributed by atoms with van der Waals surface area (Å²) in [6.45, 7) is 5.03. The Bertz CT molecular complexity index is 1040. The van der Waals surface area contributed by atoms with Crippen LogP contribution in [-0.4, -0.2) is 50.6 Å². The van der Waals surface area contributed by atoms with Crippen LogP contribution >= 0.6 is 0 Å². The maximum absolute atomic E-state index is 13.4. The Morgan fingerprint density at radius 3 is 2.45 bits per heavy atom. The molecular formula is C24H27N5O2. The van der Waals surface area contributed by atoms with E-state index in [2.05, 4.69) is 10.3 Å². The van der Waals surface area contributed by atoms with E-state index in [1.165, 1.54) is 0 Å². The zero-order valence-corrected chi connectivity index (χ0v) is 17.9. The molecule has 1 aliphatic rings. The minimum Gasteiger partial charge on any atom is -0.354 e. The molecule has 0 saturated carbocycles. The first kappa shape index (κ1) is 20.8. The molecule has 1 fully saturated rings. The smallest absolute Gasteiger partial charge is 0.257 e. The van der Waals surface area contributed by atoms with E-state index in [0.717, 1.165) is 11.3 Å². The number of hydrogen-bond donors (Lipinski definition) is 1. The van der Waals surface area contributed by atoms with Crippen molar-refractivity contribution in [1.82, 2.24) is 25.0 Å². The van der Waals surface area contributed by atoms with Gasteiger partial charge < -0.3 is 10.2 Å². The van der Waals surface area contributed by atoms with Gasteiger partial charge in [-0.2, -0.15) is 5.10 Å². The number of carbonyl (C=O) groups is 2. The fraction of sp³-hybridized carbons (Fsp3) is 0.333. The van der Waals surface area contributed by atoms with E-state index < -0.39 is 0 Å². The van der Waals surface area contributed by atoms with Crippen LogP contribution in [0.15, 0.2) is 61.1 Å². The van der Waals surface area contributed by atoms with Crippen LogP contribution in [-0.2, 0) is 4.79 Å². The number of likely N-dealkylation sites (tertiary alicyclic amines) is 1. The fourth-order valence-corrected chi connectivity index (χ4v) is 3.88. The molecule has 0 spiro atoms. The number of nitrogens with one attached hydrogen (secondary N) is 1. The number of rotatable bonds is 5. The minimum atomic E-state index is -0.0660. The zero-order valence-electron chi connectivity index (χ0n) is 17.9. The molecule has 7 heteroatoms. The molecule has 0 bridgehead atoms. The monoisotopic (exact) mass is 417 g/mol. The van der Waals surface area contributed by atoms with Crippen molar-refractivity contribution in [3.63, 3.8) is 0 Å². The Hall–Kier alpha value is -3.48. The minimum absolute atomic E-state index is 0.0451. The van der Waals surface area contributed by atoms with Gasteiger partial charge in [-0.15, -0.1) is 0 Å². The molecule has 1 aromatic carbocycles. The zero-order chi connectivity index (χ0) is 21.8. The highest BCUT2D eigenvalue weighted by Crippen LogP contribution is 2.26. The molecule has 0 atom stereocenters. The van der Waals surface area contributed by atoms with Crippen LogP contribution in [0, 0.1) is 5.92 Å². The molecule has 31 heavy (non-hydrogen) atoms. The number of piperidine rings is 1. The molecule has 7 nitrogen and oxygen atoms in total. The van der Waals surface area contributed by atoms with E-state index in [0.29, 0.717) is 37.2 Å². The van der Waals surface area contributed by atoms with Crippen LogP contribution < -0.4 is 5.32 Å². The number of pyridine rings is 1. The molecule has 3 heterocycles. The van der Waals surface area contributed by atoms with Crippen LogP contribution in [0.3, 0.4) is 0 Å². The molecule has 2 amide bonds. The Kier molecular flexibility index (Phi) is 6.11. The van der Waals surface area contributed by atoms with E-state index in [1.54, 1.807) is 23.3 Å². The van der Waals surface area contributed by atoms with Gasteiger partial charge in [0.1, 0.15) is 5.69 Å². The highest BCUT2D eigenvalue weighted by atomic mass is 16.2. The maximum atomic E-state index is 13.4. The summed E-state index contributed by atoms with van der Waals surface area (Å²) in [5, 5.41) is 7.69. The van der Waals surface area contributed by atoms with Gasteiger partial charge in [0.2, 0.25) is 5.91 Å². The van der Waals surface area contributed by atoms with Gasteiger partial charge >= 0.3 is 0 Å². The lowest BCUT2D eigenvalue weighted by molar-refractivity contribution is -0.126. The Morgan fingerprint density at radius 2 is 1.81 bits per heavy atom. The number of hydrogen-bond acceptors (Lipinski definition) is 4. The van der Waals surface area contributed by atoms with Crippen LogP contribution in [0.1, 0.15) is 37.0 Å². The third-order valence-corrected chi connectivity index (χ3v) is 5.48. The van der Waals surface area contributed by atoms with Crippen molar-refractivity contribution < 1.29 is 9.59 Å². The van der Waals surface area contributed by atoms with E-state index in [-0.39, 0.29) is 23.8 Å². The molecule has 0 aliphatic carbocycles. The first-order valence-electron chi connectivity index (χ1n) is 10.7. The third-order valence-electron chi connectivity index (χ3n) is 5.48. The lowest BCUT2D eigenvalue weighted by atomic mass is 9.95. The second-order valence-corrected chi connectivity index (χ2v) is 8.14. The predicted octanol–water partition coefficient (Wildman–Crippen LogP) is 3.31. The van der Waals surface area contributed by atoms with Crippen molar-refractivity contribution in [3.05, 3.63) is 66.6 Å². The molecule has 4 rings (SSSR count). The lowest BCUT2D eigenvalue weighted by Gasteiger charge is -2.31. The van der Waals surface area contributed by atoms with Crippen molar-refractivity contribution in [2.24, 2.45) is 5.92 Å². The van der Waals surface area contributed by atoms with Crippen molar-refractivity contribution in [3.8, 4) is 16.9 Å². The summed E-state index contributed by atoms with van der Waals surface area (Å²) in [5.41, 5.74) is 2.84. The Morgan fingerprint density at radius 1 is 1.06 bits per heavy atom. The number of benzene rings is 1. The number of amides is 2. The van der Waals surface area contributed by atoms with Crippen LogP contribution in [0.2, 0.25) is 0 Å². The second-order valence-electron chi connectivity index (χ2n) is 8.14. The van der Waals surface area contributed by atoms with E-state index in [4.69, 9.17) is 5.10 Å². The summed E-state index contributed by atoms with van der Waals surface area (Å²) >= 11 is 0. The fourth-order valence-electron chi connectivity index (χ4n) is 3.88. The Labute approximate surface area is 182 Å². The van der Waals surface area contributed by atoms with Gasteiger partial charge in [0.05, 0.1) is 11.3 Å². The SMILES string of the molecule is CC(C)NC(=O)C1CCN(C(=O)c2cn(-c3ccccc3)nc2-c2cccnc2)CC1. The number of carbonyl (C=O) groups excluding carboxylic acids is 2. The molecule has 160 valence electrons. The number of nitrogens with zero attached hydrogens (tertiary/aromatic N) is 4. The van der Waals surface area contributed by atoms with E-state index >= 15 is 0 Å². The van der Waals surface area contributed by atoms with Crippen molar-refractivity contribution in [1.29, 1.82) is 0 Å². The maximum Gasteiger partial charge on any atom is 0.257 e. The van der Waals surface area contributed by atoms with Gasteiger partial charge in [-0.1, -0.05) is 18.2 Å². The number of aromatic nitrogens is 3. The molecular weight excluding hydrogens is 390 g/mol. The van der Waals surface area contributed by atoms with E-state index in [9.17, 15) is 9.59 Å². The Balaban J connectivity index is 1.58. The summed E-state index contributed by atoms with van der Waals surface area (Å²) in [4.78, 5) is 31.8. The lowest BCUT2D eigenvalue weighted by Crippen LogP contribution is -2.44. The summed E-state index contributed by atoms with van der Waals surface area (Å²) in [5.74, 6) is -0.0323. The van der Waals surface area contributed by atoms with Gasteiger partial charge in [-0.3, -0.25) is 14.6 Å². The first-order valence-corrected chi connectivity index (χ1v) is 10.7. The average molecular weight is 418 g/mol. The van der Waals surface area contributed by atoms with Gasteiger partial charge in [0, 0.05) is 49.2 Å². The van der Waals surface area contributed by atoms with Crippen molar-refractivity contribution in [2.75, 3.05) is 13.1 Å². The molecule has 0 radical (unpaired) electrons. The molecule has 1 aliphatic heterocycles. The molecule has 2 aromatic heterocycles. The summed E-state index contributed by atoms with van der Waals surface area (Å²) in [6.07, 6.45) is 6.54. The van der Waals surface area contributed by atoms with Crippen LogP contribution in [0.4, 0.5) is 0 Å². The van der Waals surface area contributed by atoms with Crippen LogP contribution in [0.5, 0.6) is 0 Å². The summed E-state index contributed by atoms with van der Waals surface area (Å²) < 4.78 is 1.73. The summed E-state index contributed by atoms with van der Waals surface area (Å²) in [6, 6.07) is 13.6. The molecule has 1 N–H and O–H groups in total. The van der Waals surface area contributed by atoms with Gasteiger partial charge in [0.25, 0.3) is 5.91 Å². The largest absolute Gasteiger partial charge is 0.354 e. The molecule has 0 unspecified atom stereocenters. The van der Waals surface area contributed by atoms with Crippen LogP contribution in [0.25, 0.3) is 16.9 Å². The molecule has 1 saturated heterocycles. The van der Waals surface area contributed by atoms with Gasteiger partial charge in [-0.05, 0) is 51.0 Å². The summed E-state index contributed by atoms with van der Waals surface area (Å²) in [7, 11) is 0. The molecule has 3 aromatic rings. The highest BCUT2D eigenvalue weighted by molar-refractivity contribution is 6.00. The standard InChI is InChI=1S/C24H27N5O2/c1-17(2)26-23(30)18-10-13-28(14-11-18)24(31)21-16-29(20-8-4-3-5-9-20)27-22(21)19-7-6-12-25-15-19/h3-9,12,15-18H,10-11,13-14H2,1-2H3,(H,26,30).